The maximum Gasteiger partial charge on any atom is 0.162 e. The minimum atomic E-state index is -0.987. The van der Waals surface area contributed by atoms with Crippen molar-refractivity contribution in [3.8, 4) is 0 Å². The first kappa shape index (κ1) is 15.8. The second-order valence-corrected chi connectivity index (χ2v) is 11.6. The molecule has 0 aliphatic rings. The van der Waals surface area contributed by atoms with Gasteiger partial charge in [0.15, 0.2) is 5.78 Å². The molecule has 0 aromatic heterocycles. The summed E-state index contributed by atoms with van der Waals surface area (Å²) in [6, 6.07) is 6.97. The number of benzene rings is 1. The predicted molar refractivity (Wildman–Crippen MR) is 81.9 cm³/mol. The van der Waals surface area contributed by atoms with Crippen LogP contribution in [0.15, 0.2) is 36.4 Å². The molecule has 1 nitrogen and oxygen atoms in total. The van der Waals surface area contributed by atoms with Crippen molar-refractivity contribution in [2.45, 2.75) is 44.9 Å². The van der Waals surface area contributed by atoms with Gasteiger partial charge in [-0.1, -0.05) is 31.8 Å². The lowest BCUT2D eigenvalue weighted by Crippen LogP contribution is -2.17. The Balaban J connectivity index is 2.26. The summed E-state index contributed by atoms with van der Waals surface area (Å²) in [6.07, 6.45) is 6.75. The van der Waals surface area contributed by atoms with Gasteiger partial charge < -0.3 is 0 Å². The van der Waals surface area contributed by atoms with E-state index in [-0.39, 0.29) is 11.6 Å². The monoisotopic (exact) mass is 278 g/mol. The van der Waals surface area contributed by atoms with Crippen molar-refractivity contribution in [2.75, 3.05) is 0 Å². The van der Waals surface area contributed by atoms with Crippen LogP contribution in [-0.2, 0) is 0 Å². The third-order valence-corrected chi connectivity index (χ3v) is 4.30. The van der Waals surface area contributed by atoms with Crippen LogP contribution in [0.2, 0.25) is 25.7 Å². The Kier molecular flexibility index (Phi) is 6.16. The van der Waals surface area contributed by atoms with Crippen molar-refractivity contribution in [1.82, 2.24) is 0 Å². The van der Waals surface area contributed by atoms with E-state index < -0.39 is 8.07 Å². The van der Waals surface area contributed by atoms with Gasteiger partial charge in [0.1, 0.15) is 5.82 Å². The molecule has 19 heavy (non-hydrogen) atoms. The molecule has 0 radical (unpaired) electrons. The van der Waals surface area contributed by atoms with Gasteiger partial charge in [0.2, 0.25) is 0 Å². The molecular weight excluding hydrogens is 255 g/mol. The van der Waals surface area contributed by atoms with Crippen molar-refractivity contribution in [3.05, 3.63) is 47.8 Å². The van der Waals surface area contributed by atoms with Crippen molar-refractivity contribution in [2.24, 2.45) is 0 Å². The molecular formula is C16H23FOSi. The minimum Gasteiger partial charge on any atom is -0.294 e. The van der Waals surface area contributed by atoms with Crippen LogP contribution in [0.5, 0.6) is 0 Å². The van der Waals surface area contributed by atoms with Crippen LogP contribution in [0.1, 0.15) is 29.6 Å². The summed E-state index contributed by atoms with van der Waals surface area (Å²) in [6.45, 7) is 7.03. The van der Waals surface area contributed by atoms with E-state index in [1.54, 1.807) is 12.1 Å². The van der Waals surface area contributed by atoms with Crippen LogP contribution < -0.4 is 0 Å². The molecule has 0 fully saturated rings. The number of allylic oxidation sites excluding steroid dienone is 2. The smallest absolute Gasteiger partial charge is 0.162 e. The lowest BCUT2D eigenvalue weighted by atomic mass is 10.1. The van der Waals surface area contributed by atoms with Gasteiger partial charge in [-0.3, -0.25) is 4.79 Å². The molecule has 0 unspecified atom stereocenters. The summed E-state index contributed by atoms with van der Waals surface area (Å²) < 4.78 is 12.7. The number of halogens is 1. The van der Waals surface area contributed by atoms with E-state index in [9.17, 15) is 9.18 Å². The number of carbonyl (C=O) groups excluding carboxylic acids is 1. The number of hydrogen-bond acceptors (Lipinski definition) is 1. The van der Waals surface area contributed by atoms with Crippen molar-refractivity contribution < 1.29 is 9.18 Å². The first-order valence-electron chi connectivity index (χ1n) is 6.82. The number of ketones is 1. The fourth-order valence-electron chi connectivity index (χ4n) is 1.72. The Hall–Kier alpha value is -1.22. The van der Waals surface area contributed by atoms with Gasteiger partial charge >= 0.3 is 0 Å². The third-order valence-electron chi connectivity index (χ3n) is 2.84. The van der Waals surface area contributed by atoms with Crippen LogP contribution in [-0.4, -0.2) is 13.9 Å². The standard InChI is InChI=1S/C16H23FOSi/c1-19(2,3)13-7-5-4-6-8-16(18)14-9-11-15(17)12-10-14/h5,7,9-12H,4,6,8,13H2,1-3H3/b7-5+. The Morgan fingerprint density at radius 3 is 2.37 bits per heavy atom. The molecule has 1 rings (SSSR count). The number of carbonyl (C=O) groups is 1. The first-order valence-corrected chi connectivity index (χ1v) is 10.5. The van der Waals surface area contributed by atoms with Crippen LogP contribution in [0.4, 0.5) is 4.39 Å². The molecule has 0 saturated carbocycles. The zero-order chi connectivity index (χ0) is 14.3. The molecule has 0 aliphatic heterocycles. The average molecular weight is 278 g/mol. The summed E-state index contributed by atoms with van der Waals surface area (Å²) in [4.78, 5) is 11.8. The molecule has 0 heterocycles. The highest BCUT2D eigenvalue weighted by atomic mass is 28.3. The van der Waals surface area contributed by atoms with E-state index in [1.807, 2.05) is 0 Å². The predicted octanol–water partition coefficient (Wildman–Crippen LogP) is 5.07. The van der Waals surface area contributed by atoms with Crippen LogP contribution >= 0.6 is 0 Å². The zero-order valence-corrected chi connectivity index (χ0v) is 13.1. The van der Waals surface area contributed by atoms with Crippen molar-refractivity contribution in [3.63, 3.8) is 0 Å². The van der Waals surface area contributed by atoms with Crippen LogP contribution in [0.3, 0.4) is 0 Å². The van der Waals surface area contributed by atoms with Crippen LogP contribution in [0, 0.1) is 5.82 Å². The maximum absolute atomic E-state index is 12.7. The van der Waals surface area contributed by atoms with Gasteiger partial charge in [0, 0.05) is 20.1 Å². The van der Waals surface area contributed by atoms with Gasteiger partial charge in [-0.05, 0) is 43.2 Å². The first-order chi connectivity index (χ1) is 8.88. The average Bonchev–Trinajstić information content (AvgIpc) is 2.33. The third kappa shape index (κ3) is 7.06. The number of Topliss-reactive ketones (excluding diaryl/α,β-unsaturated/α-hetero) is 1. The maximum atomic E-state index is 12.7. The fraction of sp³-hybridized carbons (Fsp3) is 0.438. The largest absolute Gasteiger partial charge is 0.294 e. The van der Waals surface area contributed by atoms with Gasteiger partial charge in [-0.2, -0.15) is 0 Å². The van der Waals surface area contributed by atoms with E-state index in [4.69, 9.17) is 0 Å². The molecule has 0 bridgehead atoms. The van der Waals surface area contributed by atoms with E-state index in [1.165, 1.54) is 18.2 Å². The molecule has 0 amide bonds. The molecule has 1 aromatic rings. The van der Waals surface area contributed by atoms with Gasteiger partial charge in [0.05, 0.1) is 0 Å². The Bertz CT molecular complexity index is 429. The number of hydrogen-bond donors (Lipinski definition) is 0. The normalized spacial score (nSPS) is 12.0. The highest BCUT2D eigenvalue weighted by Gasteiger charge is 2.09. The molecule has 0 spiro atoms. The molecule has 0 aliphatic carbocycles. The van der Waals surface area contributed by atoms with Gasteiger partial charge in [-0.25, -0.2) is 4.39 Å². The van der Waals surface area contributed by atoms with E-state index in [2.05, 4.69) is 31.8 Å². The number of rotatable bonds is 7. The summed E-state index contributed by atoms with van der Waals surface area (Å²) in [5, 5.41) is 0. The van der Waals surface area contributed by atoms with E-state index in [0.717, 1.165) is 12.8 Å². The van der Waals surface area contributed by atoms with Gasteiger partial charge in [-0.15, -0.1) is 0 Å². The molecule has 104 valence electrons. The lowest BCUT2D eigenvalue weighted by Gasteiger charge is -2.11. The minimum absolute atomic E-state index is 0.0959. The molecule has 0 atom stereocenters. The van der Waals surface area contributed by atoms with Crippen LogP contribution in [0.25, 0.3) is 0 Å². The summed E-state index contributed by atoms with van der Waals surface area (Å²) in [5.74, 6) is -0.204. The molecule has 3 heteroatoms. The van der Waals surface area contributed by atoms with Crippen molar-refractivity contribution >= 4 is 13.9 Å². The second-order valence-electron chi connectivity index (χ2n) is 6.06. The molecule has 0 N–H and O–H groups in total. The van der Waals surface area contributed by atoms with E-state index >= 15 is 0 Å². The zero-order valence-electron chi connectivity index (χ0n) is 12.1. The second kappa shape index (κ2) is 7.39. The summed E-state index contributed by atoms with van der Waals surface area (Å²) in [5.41, 5.74) is 0.604. The summed E-state index contributed by atoms with van der Waals surface area (Å²) >= 11 is 0. The van der Waals surface area contributed by atoms with Crippen molar-refractivity contribution in [1.29, 1.82) is 0 Å². The molecule has 0 saturated heterocycles. The Morgan fingerprint density at radius 1 is 1.16 bits per heavy atom. The quantitative estimate of drug-likeness (QED) is 0.294. The van der Waals surface area contributed by atoms with Gasteiger partial charge in [0.25, 0.3) is 0 Å². The fourth-order valence-corrected chi connectivity index (χ4v) is 2.59. The Labute approximate surface area is 116 Å². The topological polar surface area (TPSA) is 17.1 Å². The van der Waals surface area contributed by atoms with E-state index in [0.29, 0.717) is 12.0 Å². The highest BCUT2D eigenvalue weighted by Crippen LogP contribution is 2.11. The highest BCUT2D eigenvalue weighted by molar-refractivity contribution is 6.76. The lowest BCUT2D eigenvalue weighted by molar-refractivity contribution is 0.0980. The number of unbranched alkanes of at least 4 members (excludes halogenated alkanes) is 1. The Morgan fingerprint density at radius 2 is 1.79 bits per heavy atom. The SMILES string of the molecule is C[Si](C)(C)C/C=C/CCCC(=O)c1ccc(F)cc1. The molecule has 1 aromatic carbocycles. The summed E-state index contributed by atoms with van der Waals surface area (Å²) in [7, 11) is -0.987.